The number of hydrogen-bond donors (Lipinski definition) is 1. The molecule has 0 aliphatic heterocycles. The molecule has 1 nitrogen and oxygen atoms in total. The van der Waals surface area contributed by atoms with Crippen molar-refractivity contribution in [1.29, 1.82) is 0 Å². The van der Waals surface area contributed by atoms with Crippen LogP contribution in [0.2, 0.25) is 0 Å². The Kier molecular flexibility index (Phi) is 4.39. The lowest BCUT2D eigenvalue weighted by molar-refractivity contribution is 0.189. The molecule has 18 heavy (non-hydrogen) atoms. The van der Waals surface area contributed by atoms with Crippen LogP contribution in [-0.4, -0.2) is 6.04 Å². The van der Waals surface area contributed by atoms with Crippen LogP contribution < -0.4 is 5.73 Å². The van der Waals surface area contributed by atoms with E-state index in [0.29, 0.717) is 12.0 Å². The van der Waals surface area contributed by atoms with E-state index < -0.39 is 0 Å². The predicted molar refractivity (Wildman–Crippen MR) is 73.7 cm³/mol. The van der Waals surface area contributed by atoms with Gasteiger partial charge in [-0.25, -0.2) is 4.39 Å². The minimum Gasteiger partial charge on any atom is -0.327 e. The summed E-state index contributed by atoms with van der Waals surface area (Å²) in [4.78, 5) is 0. The van der Waals surface area contributed by atoms with E-state index in [4.69, 9.17) is 5.73 Å². The van der Waals surface area contributed by atoms with E-state index in [1.807, 2.05) is 12.1 Å². The monoisotopic (exact) mass is 249 g/mol. The molecule has 1 saturated carbocycles. The molecule has 1 aliphatic carbocycles. The average molecular weight is 249 g/mol. The highest BCUT2D eigenvalue weighted by atomic mass is 19.1. The third kappa shape index (κ3) is 3.32. The van der Waals surface area contributed by atoms with Crippen LogP contribution >= 0.6 is 0 Å². The van der Waals surface area contributed by atoms with Gasteiger partial charge < -0.3 is 5.73 Å². The molecule has 0 amide bonds. The van der Waals surface area contributed by atoms with Gasteiger partial charge in [0.05, 0.1) is 0 Å². The first-order chi connectivity index (χ1) is 8.56. The third-order valence-corrected chi connectivity index (χ3v) is 4.44. The molecule has 1 aromatic carbocycles. The van der Waals surface area contributed by atoms with Gasteiger partial charge in [0.25, 0.3) is 0 Å². The van der Waals surface area contributed by atoms with E-state index in [1.165, 1.54) is 18.4 Å². The molecule has 2 rings (SSSR count). The Morgan fingerprint density at radius 1 is 1.22 bits per heavy atom. The maximum atomic E-state index is 12.9. The molecule has 2 heteroatoms. The minimum absolute atomic E-state index is 0.160. The van der Waals surface area contributed by atoms with Crippen LogP contribution in [0.1, 0.15) is 38.7 Å². The number of benzene rings is 1. The van der Waals surface area contributed by atoms with Gasteiger partial charge in [-0.2, -0.15) is 0 Å². The quantitative estimate of drug-likeness (QED) is 0.867. The summed E-state index contributed by atoms with van der Waals surface area (Å²) in [6.45, 7) is 4.60. The van der Waals surface area contributed by atoms with Crippen LogP contribution in [0.3, 0.4) is 0 Å². The molecule has 0 heterocycles. The van der Waals surface area contributed by atoms with E-state index in [-0.39, 0.29) is 5.82 Å². The molecule has 0 saturated heterocycles. The molecule has 1 aromatic rings. The Labute approximate surface area is 110 Å². The normalized spacial score (nSPS) is 28.6. The average Bonchev–Trinajstić information content (AvgIpc) is 2.34. The van der Waals surface area contributed by atoms with Gasteiger partial charge in [-0.05, 0) is 61.1 Å². The van der Waals surface area contributed by atoms with Crippen LogP contribution in [-0.2, 0) is 6.42 Å². The fraction of sp³-hybridized carbons (Fsp3) is 0.625. The predicted octanol–water partition coefficient (Wildman–Crippen LogP) is 3.77. The van der Waals surface area contributed by atoms with E-state index in [0.717, 1.165) is 24.7 Å². The summed E-state index contributed by atoms with van der Waals surface area (Å²) in [5, 5.41) is 0. The SMILES string of the molecule is CC(C)C1CCC(N)C(Cc2ccc(F)cc2)C1. The molecule has 0 spiro atoms. The Balaban J connectivity index is 2.00. The van der Waals surface area contributed by atoms with Gasteiger partial charge in [0.2, 0.25) is 0 Å². The zero-order chi connectivity index (χ0) is 13.1. The first-order valence-electron chi connectivity index (χ1n) is 7.06. The van der Waals surface area contributed by atoms with Crippen molar-refractivity contribution in [3.05, 3.63) is 35.6 Å². The summed E-state index contributed by atoms with van der Waals surface area (Å²) in [5.74, 6) is 1.94. The van der Waals surface area contributed by atoms with Crippen LogP contribution in [0.15, 0.2) is 24.3 Å². The lowest BCUT2D eigenvalue weighted by atomic mass is 9.72. The fourth-order valence-electron chi connectivity index (χ4n) is 3.09. The van der Waals surface area contributed by atoms with E-state index in [1.54, 1.807) is 12.1 Å². The smallest absolute Gasteiger partial charge is 0.123 e. The summed E-state index contributed by atoms with van der Waals surface area (Å²) in [6, 6.07) is 7.18. The summed E-state index contributed by atoms with van der Waals surface area (Å²) in [7, 11) is 0. The number of hydrogen-bond acceptors (Lipinski definition) is 1. The van der Waals surface area contributed by atoms with Gasteiger partial charge in [0.15, 0.2) is 0 Å². The first-order valence-corrected chi connectivity index (χ1v) is 7.06. The largest absolute Gasteiger partial charge is 0.327 e. The van der Waals surface area contributed by atoms with E-state index in [9.17, 15) is 4.39 Å². The van der Waals surface area contributed by atoms with Crippen molar-refractivity contribution in [2.75, 3.05) is 0 Å². The molecule has 1 aliphatic rings. The van der Waals surface area contributed by atoms with Crippen molar-refractivity contribution in [1.82, 2.24) is 0 Å². The maximum Gasteiger partial charge on any atom is 0.123 e. The zero-order valence-corrected chi connectivity index (χ0v) is 11.4. The van der Waals surface area contributed by atoms with Gasteiger partial charge in [0.1, 0.15) is 5.82 Å². The highest BCUT2D eigenvalue weighted by Gasteiger charge is 2.29. The van der Waals surface area contributed by atoms with Crippen molar-refractivity contribution >= 4 is 0 Å². The van der Waals surface area contributed by atoms with Crippen molar-refractivity contribution in [2.45, 2.75) is 45.6 Å². The number of rotatable bonds is 3. The second-order valence-electron chi connectivity index (χ2n) is 6.07. The van der Waals surface area contributed by atoms with Gasteiger partial charge in [0, 0.05) is 6.04 Å². The van der Waals surface area contributed by atoms with Crippen LogP contribution in [0.5, 0.6) is 0 Å². The van der Waals surface area contributed by atoms with Crippen LogP contribution in [0, 0.1) is 23.6 Å². The lowest BCUT2D eigenvalue weighted by Gasteiger charge is -2.36. The maximum absolute atomic E-state index is 12.9. The van der Waals surface area contributed by atoms with Crippen LogP contribution in [0.4, 0.5) is 4.39 Å². The van der Waals surface area contributed by atoms with Gasteiger partial charge >= 0.3 is 0 Å². The second-order valence-corrected chi connectivity index (χ2v) is 6.07. The lowest BCUT2D eigenvalue weighted by Crippen LogP contribution is -2.38. The topological polar surface area (TPSA) is 26.0 Å². The molecular weight excluding hydrogens is 225 g/mol. The molecule has 0 radical (unpaired) electrons. The zero-order valence-electron chi connectivity index (χ0n) is 11.4. The minimum atomic E-state index is -0.160. The molecule has 2 N–H and O–H groups in total. The Hall–Kier alpha value is -0.890. The molecule has 3 atom stereocenters. The fourth-order valence-corrected chi connectivity index (χ4v) is 3.09. The number of halogens is 1. The molecule has 0 aromatic heterocycles. The van der Waals surface area contributed by atoms with Crippen molar-refractivity contribution in [2.24, 2.45) is 23.5 Å². The summed E-state index contributed by atoms with van der Waals surface area (Å²) >= 11 is 0. The molecule has 0 bridgehead atoms. The molecule has 1 fully saturated rings. The summed E-state index contributed by atoms with van der Waals surface area (Å²) < 4.78 is 12.9. The van der Waals surface area contributed by atoms with Crippen LogP contribution in [0.25, 0.3) is 0 Å². The highest BCUT2D eigenvalue weighted by Crippen LogP contribution is 2.34. The highest BCUT2D eigenvalue weighted by molar-refractivity contribution is 5.17. The van der Waals surface area contributed by atoms with Crippen molar-refractivity contribution in [3.63, 3.8) is 0 Å². The number of nitrogens with two attached hydrogens (primary N) is 1. The second kappa shape index (κ2) is 5.83. The first kappa shape index (κ1) is 13.5. The Morgan fingerprint density at radius 2 is 1.89 bits per heavy atom. The standard InChI is InChI=1S/C16H24FN/c1-11(2)13-5-8-16(18)14(10-13)9-12-3-6-15(17)7-4-12/h3-4,6-7,11,13-14,16H,5,8-10,18H2,1-2H3. The van der Waals surface area contributed by atoms with Crippen molar-refractivity contribution in [3.8, 4) is 0 Å². The molecular formula is C16H24FN. The third-order valence-electron chi connectivity index (χ3n) is 4.44. The van der Waals surface area contributed by atoms with Gasteiger partial charge in [-0.1, -0.05) is 26.0 Å². The summed E-state index contributed by atoms with van der Waals surface area (Å²) in [6.07, 6.45) is 4.61. The summed E-state index contributed by atoms with van der Waals surface area (Å²) in [5.41, 5.74) is 7.45. The molecule has 100 valence electrons. The molecule has 3 unspecified atom stereocenters. The Bertz CT molecular complexity index is 371. The van der Waals surface area contributed by atoms with Gasteiger partial charge in [-0.15, -0.1) is 0 Å². The van der Waals surface area contributed by atoms with Crippen molar-refractivity contribution < 1.29 is 4.39 Å². The van der Waals surface area contributed by atoms with E-state index >= 15 is 0 Å². The Morgan fingerprint density at radius 3 is 2.50 bits per heavy atom. The van der Waals surface area contributed by atoms with E-state index in [2.05, 4.69) is 13.8 Å². The van der Waals surface area contributed by atoms with Gasteiger partial charge in [-0.3, -0.25) is 0 Å².